The van der Waals surface area contributed by atoms with Crippen LogP contribution in [0.1, 0.15) is 36.0 Å². The molecular weight excluding hydrogens is 414 g/mol. The van der Waals surface area contributed by atoms with Crippen molar-refractivity contribution in [3.63, 3.8) is 0 Å². The standard InChI is InChI=1S/C23H29N3O4S/c27-23(24-17-19-7-6-16-30-19)21-10-4-5-11-22(21)26-14-12-18(13-15-26)25-31(28,29)20-8-2-1-3-9-20/h1-5,8-11,18-19,25H,6-7,12-17H2,(H,24,27)/t19-/m1/s1. The van der Waals surface area contributed by atoms with Crippen molar-refractivity contribution in [1.82, 2.24) is 10.0 Å². The molecule has 2 aromatic carbocycles. The first kappa shape index (κ1) is 21.8. The molecule has 0 unspecified atom stereocenters. The first-order valence-corrected chi connectivity index (χ1v) is 12.3. The maximum absolute atomic E-state index is 12.8. The highest BCUT2D eigenvalue weighted by Gasteiger charge is 2.26. The Morgan fingerprint density at radius 3 is 2.42 bits per heavy atom. The topological polar surface area (TPSA) is 87.7 Å². The van der Waals surface area contributed by atoms with Crippen molar-refractivity contribution < 1.29 is 17.9 Å². The van der Waals surface area contributed by atoms with E-state index in [0.29, 0.717) is 38.0 Å². The van der Waals surface area contributed by atoms with Crippen molar-refractivity contribution in [2.45, 2.75) is 42.7 Å². The fourth-order valence-corrected chi connectivity index (χ4v) is 5.50. The van der Waals surface area contributed by atoms with Crippen LogP contribution in [0.2, 0.25) is 0 Å². The minimum absolute atomic E-state index is 0.0991. The largest absolute Gasteiger partial charge is 0.376 e. The molecule has 0 aromatic heterocycles. The third kappa shape index (κ3) is 5.44. The quantitative estimate of drug-likeness (QED) is 0.687. The van der Waals surface area contributed by atoms with Crippen LogP contribution in [0, 0.1) is 0 Å². The van der Waals surface area contributed by atoms with Gasteiger partial charge in [-0.15, -0.1) is 0 Å². The fourth-order valence-electron chi connectivity index (χ4n) is 4.17. The van der Waals surface area contributed by atoms with Gasteiger partial charge in [0, 0.05) is 38.0 Å². The number of rotatable bonds is 7. The predicted octanol–water partition coefficient (Wildman–Crippen LogP) is 2.54. The Kier molecular flexibility index (Phi) is 6.89. The van der Waals surface area contributed by atoms with Crippen LogP contribution in [0.15, 0.2) is 59.5 Å². The monoisotopic (exact) mass is 443 g/mol. The zero-order chi connectivity index (χ0) is 21.7. The van der Waals surface area contributed by atoms with Crippen LogP contribution in [0.5, 0.6) is 0 Å². The van der Waals surface area contributed by atoms with Gasteiger partial charge in [-0.05, 0) is 49.9 Å². The van der Waals surface area contributed by atoms with E-state index in [1.807, 2.05) is 24.3 Å². The summed E-state index contributed by atoms with van der Waals surface area (Å²) in [6.07, 6.45) is 3.48. The van der Waals surface area contributed by atoms with E-state index in [9.17, 15) is 13.2 Å². The molecule has 2 aliphatic rings. The lowest BCUT2D eigenvalue weighted by Crippen LogP contribution is -2.45. The summed E-state index contributed by atoms with van der Waals surface area (Å²) in [5.74, 6) is -0.0991. The Morgan fingerprint density at radius 2 is 1.71 bits per heavy atom. The first-order chi connectivity index (χ1) is 15.0. The average molecular weight is 444 g/mol. The van der Waals surface area contributed by atoms with Crippen LogP contribution in [-0.2, 0) is 14.8 Å². The number of sulfonamides is 1. The second-order valence-electron chi connectivity index (χ2n) is 8.06. The zero-order valence-electron chi connectivity index (χ0n) is 17.5. The van der Waals surface area contributed by atoms with E-state index < -0.39 is 10.0 Å². The molecule has 2 heterocycles. The lowest BCUT2D eigenvalue weighted by atomic mass is 10.0. The number of amides is 1. The molecule has 166 valence electrons. The minimum Gasteiger partial charge on any atom is -0.376 e. The van der Waals surface area contributed by atoms with Gasteiger partial charge < -0.3 is 15.0 Å². The molecule has 2 aliphatic heterocycles. The summed E-state index contributed by atoms with van der Waals surface area (Å²) in [5.41, 5.74) is 1.53. The number of nitrogens with one attached hydrogen (secondary N) is 2. The van der Waals surface area contributed by atoms with Crippen molar-refractivity contribution in [3.05, 3.63) is 60.2 Å². The molecule has 0 radical (unpaired) electrons. The Morgan fingerprint density at radius 1 is 1.00 bits per heavy atom. The maximum atomic E-state index is 12.8. The van der Waals surface area contributed by atoms with Crippen LogP contribution >= 0.6 is 0 Å². The van der Waals surface area contributed by atoms with Gasteiger partial charge in [-0.3, -0.25) is 4.79 Å². The van der Waals surface area contributed by atoms with Crippen molar-refractivity contribution in [1.29, 1.82) is 0 Å². The number of para-hydroxylation sites is 1. The molecule has 7 nitrogen and oxygen atoms in total. The van der Waals surface area contributed by atoms with Gasteiger partial charge in [0.2, 0.25) is 10.0 Å². The summed E-state index contributed by atoms with van der Waals surface area (Å²) >= 11 is 0. The molecule has 2 aromatic rings. The smallest absolute Gasteiger partial charge is 0.253 e. The number of carbonyl (C=O) groups excluding carboxylic acids is 1. The highest BCUT2D eigenvalue weighted by atomic mass is 32.2. The first-order valence-electron chi connectivity index (χ1n) is 10.8. The second kappa shape index (κ2) is 9.80. The Labute approximate surface area is 183 Å². The molecule has 1 amide bonds. The molecule has 8 heteroatoms. The lowest BCUT2D eigenvalue weighted by Gasteiger charge is -2.34. The van der Waals surface area contributed by atoms with E-state index in [4.69, 9.17) is 4.74 Å². The predicted molar refractivity (Wildman–Crippen MR) is 120 cm³/mol. The van der Waals surface area contributed by atoms with Gasteiger partial charge in [0.25, 0.3) is 5.91 Å². The number of anilines is 1. The summed E-state index contributed by atoms with van der Waals surface area (Å²) in [4.78, 5) is 15.2. The maximum Gasteiger partial charge on any atom is 0.253 e. The summed E-state index contributed by atoms with van der Waals surface area (Å²) < 4.78 is 33.6. The molecule has 1 atom stereocenters. The van der Waals surface area contributed by atoms with Crippen molar-refractivity contribution in [2.24, 2.45) is 0 Å². The lowest BCUT2D eigenvalue weighted by molar-refractivity contribution is 0.0858. The number of piperidine rings is 1. The van der Waals surface area contributed by atoms with E-state index in [1.165, 1.54) is 0 Å². The normalized spacial score (nSPS) is 20.0. The number of ether oxygens (including phenoxy) is 1. The van der Waals surface area contributed by atoms with Gasteiger partial charge in [-0.1, -0.05) is 30.3 Å². The van der Waals surface area contributed by atoms with Crippen LogP contribution < -0.4 is 14.9 Å². The molecule has 0 bridgehead atoms. The Balaban J connectivity index is 1.36. The molecule has 2 saturated heterocycles. The van der Waals surface area contributed by atoms with Gasteiger partial charge in [-0.25, -0.2) is 13.1 Å². The van der Waals surface area contributed by atoms with Crippen LogP contribution in [0.4, 0.5) is 5.69 Å². The van der Waals surface area contributed by atoms with Gasteiger partial charge in [0.1, 0.15) is 0 Å². The molecule has 2 N–H and O–H groups in total. The van der Waals surface area contributed by atoms with Crippen molar-refractivity contribution in [3.8, 4) is 0 Å². The fraction of sp³-hybridized carbons (Fsp3) is 0.435. The van der Waals surface area contributed by atoms with E-state index in [1.54, 1.807) is 30.3 Å². The molecule has 31 heavy (non-hydrogen) atoms. The van der Waals surface area contributed by atoms with Crippen LogP contribution in [-0.4, -0.2) is 52.7 Å². The van der Waals surface area contributed by atoms with Gasteiger partial charge >= 0.3 is 0 Å². The highest BCUT2D eigenvalue weighted by molar-refractivity contribution is 7.89. The molecule has 0 spiro atoms. The van der Waals surface area contributed by atoms with E-state index in [2.05, 4.69) is 14.9 Å². The van der Waals surface area contributed by atoms with Gasteiger partial charge in [0.05, 0.1) is 16.6 Å². The van der Waals surface area contributed by atoms with E-state index in [0.717, 1.165) is 25.1 Å². The number of hydrogen-bond acceptors (Lipinski definition) is 5. The number of benzene rings is 2. The van der Waals surface area contributed by atoms with E-state index >= 15 is 0 Å². The SMILES string of the molecule is O=C(NC[C@H]1CCCO1)c1ccccc1N1CCC(NS(=O)(=O)c2ccccc2)CC1. The average Bonchev–Trinajstić information content (AvgIpc) is 3.32. The van der Waals surface area contributed by atoms with Crippen molar-refractivity contribution >= 4 is 21.6 Å². The third-order valence-corrected chi connectivity index (χ3v) is 7.41. The Hall–Kier alpha value is -2.42. The zero-order valence-corrected chi connectivity index (χ0v) is 18.3. The highest BCUT2D eigenvalue weighted by Crippen LogP contribution is 2.25. The molecule has 0 saturated carbocycles. The summed E-state index contributed by atoms with van der Waals surface area (Å²) in [6.45, 7) is 2.65. The third-order valence-electron chi connectivity index (χ3n) is 5.87. The summed E-state index contributed by atoms with van der Waals surface area (Å²) in [7, 11) is -3.52. The molecule has 2 fully saturated rings. The molecule has 0 aliphatic carbocycles. The molecule has 4 rings (SSSR count). The van der Waals surface area contributed by atoms with Crippen molar-refractivity contribution in [2.75, 3.05) is 31.1 Å². The Bertz CT molecular complexity index is 983. The van der Waals surface area contributed by atoms with Gasteiger partial charge in [0.15, 0.2) is 0 Å². The minimum atomic E-state index is -3.52. The van der Waals surface area contributed by atoms with Crippen LogP contribution in [0.3, 0.4) is 0 Å². The number of hydrogen-bond donors (Lipinski definition) is 2. The van der Waals surface area contributed by atoms with Gasteiger partial charge in [-0.2, -0.15) is 0 Å². The van der Waals surface area contributed by atoms with E-state index in [-0.39, 0.29) is 22.9 Å². The number of nitrogens with zero attached hydrogens (tertiary/aromatic N) is 1. The summed E-state index contributed by atoms with van der Waals surface area (Å²) in [5, 5.41) is 3.00. The second-order valence-corrected chi connectivity index (χ2v) is 9.77. The summed E-state index contributed by atoms with van der Waals surface area (Å²) in [6, 6.07) is 15.9. The molecular formula is C23H29N3O4S. The van der Waals surface area contributed by atoms with Crippen LogP contribution in [0.25, 0.3) is 0 Å². The number of carbonyl (C=O) groups is 1.